The van der Waals surface area contributed by atoms with Gasteiger partial charge < -0.3 is 15.3 Å². The van der Waals surface area contributed by atoms with Crippen molar-refractivity contribution in [3.8, 4) is 0 Å². The van der Waals surface area contributed by atoms with Gasteiger partial charge in [-0.25, -0.2) is 0 Å². The number of rotatable bonds is 5. The summed E-state index contributed by atoms with van der Waals surface area (Å²) >= 11 is 0. The van der Waals surface area contributed by atoms with Crippen LogP contribution in [0.3, 0.4) is 0 Å². The molecule has 1 aliphatic carbocycles. The van der Waals surface area contributed by atoms with Gasteiger partial charge in [0.1, 0.15) is 0 Å². The van der Waals surface area contributed by atoms with Crippen LogP contribution < -0.4 is 5.32 Å². The van der Waals surface area contributed by atoms with Gasteiger partial charge >= 0.3 is 0 Å². The predicted molar refractivity (Wildman–Crippen MR) is 75.0 cm³/mol. The number of piperazine rings is 1. The van der Waals surface area contributed by atoms with Crippen LogP contribution in [0.2, 0.25) is 0 Å². The topological polar surface area (TPSA) is 55.8 Å². The normalized spacial score (nSPS) is 22.4. The summed E-state index contributed by atoms with van der Waals surface area (Å²) in [6.45, 7) is 4.91. The highest BCUT2D eigenvalue weighted by Gasteiger charge is 2.26. The third kappa shape index (κ3) is 4.44. The van der Waals surface area contributed by atoms with Crippen LogP contribution in [0.25, 0.3) is 0 Å². The molecule has 0 aromatic heterocycles. The van der Waals surface area contributed by atoms with E-state index in [1.807, 2.05) is 4.90 Å². The first-order chi connectivity index (χ1) is 9.31. The molecule has 2 aliphatic rings. The number of amides is 1. The number of aliphatic hydroxyl groups excluding tert-OH is 1. The average molecular weight is 269 g/mol. The Morgan fingerprint density at radius 2 is 1.89 bits per heavy atom. The lowest BCUT2D eigenvalue weighted by Gasteiger charge is -2.36. The van der Waals surface area contributed by atoms with Crippen LogP contribution in [-0.2, 0) is 4.79 Å². The maximum absolute atomic E-state index is 12.5. The zero-order chi connectivity index (χ0) is 13.5. The van der Waals surface area contributed by atoms with E-state index >= 15 is 0 Å². The second kappa shape index (κ2) is 7.82. The summed E-state index contributed by atoms with van der Waals surface area (Å²) in [5.41, 5.74) is 0. The molecule has 0 aromatic rings. The molecule has 110 valence electrons. The van der Waals surface area contributed by atoms with E-state index in [1.54, 1.807) is 0 Å². The summed E-state index contributed by atoms with van der Waals surface area (Å²) in [7, 11) is 0. The lowest BCUT2D eigenvalue weighted by atomic mass is 9.94. The summed E-state index contributed by atoms with van der Waals surface area (Å²) in [5, 5.41) is 12.5. The third-order valence-electron chi connectivity index (χ3n) is 4.25. The molecule has 2 rings (SSSR count). The molecule has 0 atom stereocenters. The lowest BCUT2D eigenvalue weighted by molar-refractivity contribution is -0.136. The third-order valence-corrected chi connectivity index (χ3v) is 4.25. The highest BCUT2D eigenvalue weighted by Crippen LogP contribution is 2.22. The van der Waals surface area contributed by atoms with Crippen molar-refractivity contribution in [2.24, 2.45) is 0 Å². The Balaban J connectivity index is 1.87. The number of aliphatic hydroxyl groups is 1. The van der Waals surface area contributed by atoms with Crippen molar-refractivity contribution in [2.75, 3.05) is 45.9 Å². The Morgan fingerprint density at radius 3 is 2.53 bits per heavy atom. The number of carbonyl (C=O) groups excluding carboxylic acids is 1. The minimum Gasteiger partial charge on any atom is -0.395 e. The summed E-state index contributed by atoms with van der Waals surface area (Å²) in [6, 6.07) is 0.358. The van der Waals surface area contributed by atoms with Gasteiger partial charge in [-0.1, -0.05) is 19.3 Å². The molecule has 1 saturated heterocycles. The number of nitrogens with one attached hydrogen (secondary N) is 1. The first-order valence-electron chi connectivity index (χ1n) is 7.64. The standard InChI is InChI=1S/C14H27N3O2/c18-11-10-17(13-4-2-1-3-5-13)14(19)12-16-8-6-15-7-9-16/h13,15,18H,1-12H2. The van der Waals surface area contributed by atoms with E-state index in [4.69, 9.17) is 0 Å². The van der Waals surface area contributed by atoms with E-state index in [-0.39, 0.29) is 12.5 Å². The molecule has 0 bridgehead atoms. The summed E-state index contributed by atoms with van der Waals surface area (Å²) < 4.78 is 0. The SMILES string of the molecule is O=C(CN1CCNCC1)N(CCO)C1CCCCC1. The van der Waals surface area contributed by atoms with Crippen LogP contribution in [0.1, 0.15) is 32.1 Å². The maximum Gasteiger partial charge on any atom is 0.237 e. The van der Waals surface area contributed by atoms with Crippen molar-refractivity contribution in [3.63, 3.8) is 0 Å². The monoisotopic (exact) mass is 269 g/mol. The largest absolute Gasteiger partial charge is 0.395 e. The smallest absolute Gasteiger partial charge is 0.237 e. The van der Waals surface area contributed by atoms with Crippen LogP contribution in [0.4, 0.5) is 0 Å². The van der Waals surface area contributed by atoms with Crippen molar-refractivity contribution in [1.29, 1.82) is 0 Å². The van der Waals surface area contributed by atoms with Crippen LogP contribution in [0.15, 0.2) is 0 Å². The summed E-state index contributed by atoms with van der Waals surface area (Å²) in [6.07, 6.45) is 5.93. The van der Waals surface area contributed by atoms with Gasteiger partial charge in [-0.2, -0.15) is 0 Å². The van der Waals surface area contributed by atoms with Gasteiger partial charge in [0.2, 0.25) is 5.91 Å². The van der Waals surface area contributed by atoms with Crippen molar-refractivity contribution < 1.29 is 9.90 Å². The molecule has 2 fully saturated rings. The first-order valence-corrected chi connectivity index (χ1v) is 7.64. The van der Waals surface area contributed by atoms with Gasteiger partial charge in [0.05, 0.1) is 13.2 Å². The second-order valence-corrected chi connectivity index (χ2v) is 5.63. The number of nitrogens with zero attached hydrogens (tertiary/aromatic N) is 2. The second-order valence-electron chi connectivity index (χ2n) is 5.63. The zero-order valence-corrected chi connectivity index (χ0v) is 11.8. The van der Waals surface area contributed by atoms with Crippen molar-refractivity contribution in [1.82, 2.24) is 15.1 Å². The molecule has 19 heavy (non-hydrogen) atoms. The van der Waals surface area contributed by atoms with E-state index in [1.165, 1.54) is 19.3 Å². The van der Waals surface area contributed by atoms with Crippen LogP contribution in [0.5, 0.6) is 0 Å². The molecule has 1 heterocycles. The number of hydrogen-bond acceptors (Lipinski definition) is 4. The molecule has 2 N–H and O–H groups in total. The Bertz CT molecular complexity index is 274. The number of carbonyl (C=O) groups is 1. The molecule has 0 unspecified atom stereocenters. The molecule has 0 radical (unpaired) electrons. The summed E-state index contributed by atoms with van der Waals surface area (Å²) in [4.78, 5) is 16.6. The fourth-order valence-corrected chi connectivity index (χ4v) is 3.16. The van der Waals surface area contributed by atoms with Gasteiger partial charge in [-0.3, -0.25) is 9.69 Å². The molecular weight excluding hydrogens is 242 g/mol. The van der Waals surface area contributed by atoms with Gasteiger partial charge in [-0.05, 0) is 12.8 Å². The molecule has 0 aromatic carbocycles. The van der Waals surface area contributed by atoms with Gasteiger partial charge in [-0.15, -0.1) is 0 Å². The maximum atomic E-state index is 12.5. The molecule has 5 heteroatoms. The van der Waals surface area contributed by atoms with Crippen molar-refractivity contribution in [3.05, 3.63) is 0 Å². The van der Waals surface area contributed by atoms with Crippen molar-refractivity contribution in [2.45, 2.75) is 38.1 Å². The Morgan fingerprint density at radius 1 is 1.21 bits per heavy atom. The Kier molecular flexibility index (Phi) is 6.07. The molecule has 1 aliphatic heterocycles. The quantitative estimate of drug-likeness (QED) is 0.740. The molecular formula is C14H27N3O2. The van der Waals surface area contributed by atoms with Crippen LogP contribution in [-0.4, -0.2) is 72.7 Å². The highest BCUT2D eigenvalue weighted by molar-refractivity contribution is 5.78. The fourth-order valence-electron chi connectivity index (χ4n) is 3.16. The zero-order valence-electron chi connectivity index (χ0n) is 11.8. The molecule has 0 spiro atoms. The minimum absolute atomic E-state index is 0.0732. The molecule has 1 amide bonds. The van der Waals surface area contributed by atoms with E-state index < -0.39 is 0 Å². The Hall–Kier alpha value is -0.650. The van der Waals surface area contributed by atoms with Gasteiger partial charge in [0, 0.05) is 38.8 Å². The van der Waals surface area contributed by atoms with Gasteiger partial charge in [0.25, 0.3) is 0 Å². The van der Waals surface area contributed by atoms with E-state index in [0.29, 0.717) is 19.1 Å². The van der Waals surface area contributed by atoms with Crippen LogP contribution >= 0.6 is 0 Å². The lowest BCUT2D eigenvalue weighted by Crippen LogP contribution is -2.51. The minimum atomic E-state index is 0.0732. The highest BCUT2D eigenvalue weighted by atomic mass is 16.3. The predicted octanol–water partition coefficient (Wildman–Crippen LogP) is 0.0452. The Labute approximate surface area is 115 Å². The average Bonchev–Trinajstić information content (AvgIpc) is 2.46. The van der Waals surface area contributed by atoms with E-state index in [2.05, 4.69) is 10.2 Å². The van der Waals surface area contributed by atoms with Crippen molar-refractivity contribution >= 4 is 5.91 Å². The molecule has 5 nitrogen and oxygen atoms in total. The fraction of sp³-hybridized carbons (Fsp3) is 0.929. The van der Waals surface area contributed by atoms with Gasteiger partial charge in [0.15, 0.2) is 0 Å². The van der Waals surface area contributed by atoms with Crippen LogP contribution in [0, 0.1) is 0 Å². The number of hydrogen-bond donors (Lipinski definition) is 2. The van der Waals surface area contributed by atoms with E-state index in [0.717, 1.165) is 39.0 Å². The first kappa shape index (κ1) is 14.8. The summed E-state index contributed by atoms with van der Waals surface area (Å²) in [5.74, 6) is 0.197. The molecule has 1 saturated carbocycles. The van der Waals surface area contributed by atoms with E-state index in [9.17, 15) is 9.90 Å².